The van der Waals surface area contributed by atoms with Crippen molar-refractivity contribution in [2.75, 3.05) is 12.8 Å². The predicted molar refractivity (Wildman–Crippen MR) is 63.9 cm³/mol. The zero-order valence-corrected chi connectivity index (χ0v) is 10.4. The Labute approximate surface area is 104 Å². The van der Waals surface area contributed by atoms with Crippen LogP contribution in [0.25, 0.3) is 0 Å². The molecule has 96 valence electrons. The van der Waals surface area contributed by atoms with Crippen molar-refractivity contribution >= 4 is 29.7 Å². The summed E-state index contributed by atoms with van der Waals surface area (Å²) in [5, 5.41) is 13.1. The number of carboxylic acid groups (broad SMARTS) is 1. The van der Waals surface area contributed by atoms with E-state index in [2.05, 4.69) is 10.6 Å². The predicted octanol–water partition coefficient (Wildman–Crippen LogP) is 0.573. The van der Waals surface area contributed by atoms with Crippen LogP contribution >= 0.6 is 11.8 Å². The first kappa shape index (κ1) is 13.8. The van der Waals surface area contributed by atoms with E-state index >= 15 is 0 Å². The van der Waals surface area contributed by atoms with Gasteiger partial charge in [0.1, 0.15) is 0 Å². The lowest BCUT2D eigenvalue weighted by Gasteiger charge is -2.13. The average Bonchev–Trinajstić information content (AvgIpc) is 3.04. The molecule has 1 aliphatic carbocycles. The van der Waals surface area contributed by atoms with Crippen LogP contribution < -0.4 is 10.6 Å². The van der Waals surface area contributed by atoms with Gasteiger partial charge in [-0.05, 0) is 19.1 Å². The van der Waals surface area contributed by atoms with Gasteiger partial charge in [0.15, 0.2) is 0 Å². The molecular formula is C10H16N2O4S. The molecule has 1 aliphatic rings. The van der Waals surface area contributed by atoms with Crippen LogP contribution in [0, 0.1) is 0 Å². The number of hydrogen-bond acceptors (Lipinski definition) is 4. The number of nitrogens with one attached hydrogen (secondary N) is 2. The van der Waals surface area contributed by atoms with E-state index in [1.54, 1.807) is 11.8 Å². The summed E-state index contributed by atoms with van der Waals surface area (Å²) in [5.41, 5.74) is 0. The first-order chi connectivity index (χ1) is 7.97. The summed E-state index contributed by atoms with van der Waals surface area (Å²) in [6.07, 6.45) is 3.68. The molecule has 0 bridgehead atoms. The van der Waals surface area contributed by atoms with Crippen LogP contribution in [0.3, 0.4) is 0 Å². The molecule has 7 heteroatoms. The third kappa shape index (κ3) is 5.08. The maximum absolute atomic E-state index is 11.3. The van der Waals surface area contributed by atoms with Crippen LogP contribution in [-0.4, -0.2) is 40.6 Å². The minimum atomic E-state index is -1.06. The zero-order valence-electron chi connectivity index (χ0n) is 9.62. The van der Waals surface area contributed by atoms with E-state index in [0.717, 1.165) is 12.8 Å². The highest BCUT2D eigenvalue weighted by molar-refractivity contribution is 8.00. The summed E-state index contributed by atoms with van der Waals surface area (Å²) >= 11 is 1.71. The Morgan fingerprint density at radius 1 is 1.29 bits per heavy atom. The molecule has 3 N–H and O–H groups in total. The highest BCUT2D eigenvalue weighted by atomic mass is 32.2. The van der Waals surface area contributed by atoms with Crippen LogP contribution in [-0.2, 0) is 9.59 Å². The normalized spacial score (nSPS) is 16.1. The highest BCUT2D eigenvalue weighted by Crippen LogP contribution is 2.46. The summed E-state index contributed by atoms with van der Waals surface area (Å²) in [4.78, 5) is 32.6. The standard InChI is InChI=1S/C10H16N2O4S/c1-17-10(4-5-10)6-11-9(16)12-7(13)2-3-8(14)15/h2-6H2,1H3,(H,14,15)(H2,11,12,13,16). The number of rotatable bonds is 6. The average molecular weight is 260 g/mol. The van der Waals surface area contributed by atoms with Crippen LogP contribution in [0.2, 0.25) is 0 Å². The molecule has 1 saturated carbocycles. The van der Waals surface area contributed by atoms with Gasteiger partial charge in [0.05, 0.1) is 6.42 Å². The number of aliphatic carboxylic acids is 1. The van der Waals surface area contributed by atoms with Crippen LogP contribution in [0.5, 0.6) is 0 Å². The molecule has 0 aliphatic heterocycles. The summed E-state index contributed by atoms with van der Waals surface area (Å²) in [5.74, 6) is -1.63. The molecule has 0 heterocycles. The fraction of sp³-hybridized carbons (Fsp3) is 0.700. The van der Waals surface area contributed by atoms with Crippen molar-refractivity contribution in [3.05, 3.63) is 0 Å². The van der Waals surface area contributed by atoms with Gasteiger partial charge in [-0.15, -0.1) is 0 Å². The molecule has 3 amide bonds. The molecule has 0 unspecified atom stereocenters. The molecule has 1 fully saturated rings. The molecule has 6 nitrogen and oxygen atoms in total. The lowest BCUT2D eigenvalue weighted by atomic mass is 10.3. The number of thioether (sulfide) groups is 1. The molecular weight excluding hydrogens is 244 g/mol. The van der Waals surface area contributed by atoms with Crippen molar-refractivity contribution in [1.29, 1.82) is 0 Å². The fourth-order valence-electron chi connectivity index (χ4n) is 1.29. The van der Waals surface area contributed by atoms with Gasteiger partial charge in [-0.1, -0.05) is 0 Å². The lowest BCUT2D eigenvalue weighted by Crippen LogP contribution is -2.42. The van der Waals surface area contributed by atoms with Crippen LogP contribution in [0.4, 0.5) is 4.79 Å². The minimum Gasteiger partial charge on any atom is -0.481 e. The maximum atomic E-state index is 11.3. The second-order valence-electron chi connectivity index (χ2n) is 4.01. The molecule has 0 aromatic rings. The number of carbonyl (C=O) groups is 3. The van der Waals surface area contributed by atoms with Gasteiger partial charge < -0.3 is 10.4 Å². The number of imide groups is 1. The fourth-order valence-corrected chi connectivity index (χ4v) is 2.01. The molecule has 0 radical (unpaired) electrons. The van der Waals surface area contributed by atoms with Gasteiger partial charge in [0.2, 0.25) is 5.91 Å². The third-order valence-electron chi connectivity index (χ3n) is 2.63. The summed E-state index contributed by atoms with van der Waals surface area (Å²) in [7, 11) is 0. The SMILES string of the molecule is CSC1(CNC(=O)NC(=O)CCC(=O)O)CC1. The van der Waals surface area contributed by atoms with Crippen molar-refractivity contribution in [2.24, 2.45) is 0 Å². The van der Waals surface area contributed by atoms with Crippen LogP contribution in [0.15, 0.2) is 0 Å². The molecule has 1 rings (SSSR count). The van der Waals surface area contributed by atoms with E-state index in [9.17, 15) is 14.4 Å². The Bertz CT molecular complexity index is 328. The van der Waals surface area contributed by atoms with E-state index in [-0.39, 0.29) is 17.6 Å². The first-order valence-corrected chi connectivity index (χ1v) is 6.54. The molecule has 0 saturated heterocycles. The van der Waals surface area contributed by atoms with E-state index in [4.69, 9.17) is 5.11 Å². The lowest BCUT2D eigenvalue weighted by molar-refractivity contribution is -0.138. The smallest absolute Gasteiger partial charge is 0.321 e. The van der Waals surface area contributed by atoms with Crippen molar-refractivity contribution in [2.45, 2.75) is 30.4 Å². The van der Waals surface area contributed by atoms with E-state index in [1.807, 2.05) is 6.26 Å². The molecule has 0 aromatic carbocycles. The number of urea groups is 1. The second kappa shape index (κ2) is 5.90. The Balaban J connectivity index is 2.16. The van der Waals surface area contributed by atoms with Crippen molar-refractivity contribution in [3.8, 4) is 0 Å². The monoisotopic (exact) mass is 260 g/mol. The van der Waals surface area contributed by atoms with Gasteiger partial charge >= 0.3 is 12.0 Å². The van der Waals surface area contributed by atoms with E-state index < -0.39 is 17.9 Å². The van der Waals surface area contributed by atoms with E-state index in [0.29, 0.717) is 6.54 Å². The largest absolute Gasteiger partial charge is 0.481 e. The summed E-state index contributed by atoms with van der Waals surface area (Å²) < 4.78 is 0.140. The molecule has 0 spiro atoms. The maximum Gasteiger partial charge on any atom is 0.321 e. The molecule has 0 aromatic heterocycles. The second-order valence-corrected chi connectivity index (χ2v) is 5.29. The number of carbonyl (C=O) groups excluding carboxylic acids is 2. The Morgan fingerprint density at radius 3 is 2.41 bits per heavy atom. The van der Waals surface area contributed by atoms with E-state index in [1.165, 1.54) is 0 Å². The Hall–Kier alpha value is -1.24. The van der Waals surface area contributed by atoms with Gasteiger partial charge in [-0.2, -0.15) is 11.8 Å². The topological polar surface area (TPSA) is 95.5 Å². The van der Waals surface area contributed by atoms with Gasteiger partial charge in [-0.3, -0.25) is 14.9 Å². The third-order valence-corrected chi connectivity index (χ3v) is 4.05. The highest BCUT2D eigenvalue weighted by Gasteiger charge is 2.41. The number of hydrogen-bond donors (Lipinski definition) is 3. The van der Waals surface area contributed by atoms with Gasteiger partial charge in [-0.25, -0.2) is 4.79 Å². The first-order valence-electron chi connectivity index (χ1n) is 5.32. The Morgan fingerprint density at radius 2 is 1.94 bits per heavy atom. The minimum absolute atomic E-state index is 0.140. The quantitative estimate of drug-likeness (QED) is 0.649. The number of amides is 3. The van der Waals surface area contributed by atoms with Crippen molar-refractivity contribution < 1.29 is 19.5 Å². The van der Waals surface area contributed by atoms with Crippen molar-refractivity contribution in [1.82, 2.24) is 10.6 Å². The number of carboxylic acids is 1. The van der Waals surface area contributed by atoms with Crippen LogP contribution in [0.1, 0.15) is 25.7 Å². The summed E-state index contributed by atoms with van der Waals surface area (Å²) in [6, 6.07) is -0.555. The Kier molecular flexibility index (Phi) is 4.80. The zero-order chi connectivity index (χ0) is 12.9. The van der Waals surface area contributed by atoms with Gasteiger partial charge in [0, 0.05) is 17.7 Å². The van der Waals surface area contributed by atoms with Crippen molar-refractivity contribution in [3.63, 3.8) is 0 Å². The molecule has 17 heavy (non-hydrogen) atoms. The summed E-state index contributed by atoms with van der Waals surface area (Å²) in [6.45, 7) is 0.534. The molecule has 0 atom stereocenters. The van der Waals surface area contributed by atoms with Gasteiger partial charge in [0.25, 0.3) is 0 Å².